The lowest BCUT2D eigenvalue weighted by Gasteiger charge is -2.29. The van der Waals surface area contributed by atoms with Crippen molar-refractivity contribution in [2.75, 3.05) is 12.4 Å². The fourth-order valence-electron chi connectivity index (χ4n) is 2.49. The van der Waals surface area contributed by atoms with Crippen molar-refractivity contribution < 1.29 is 0 Å². The molecule has 0 aliphatic rings. The highest BCUT2D eigenvalue weighted by Gasteiger charge is 2.20. The van der Waals surface area contributed by atoms with E-state index in [0.717, 1.165) is 42.5 Å². The molecule has 1 aromatic heterocycles. The second kappa shape index (κ2) is 8.28. The molecule has 1 heterocycles. The summed E-state index contributed by atoms with van der Waals surface area (Å²) >= 11 is 9.65. The zero-order valence-electron chi connectivity index (χ0n) is 12.4. The summed E-state index contributed by atoms with van der Waals surface area (Å²) in [6.45, 7) is 8.45. The highest BCUT2D eigenvalue weighted by atomic mass is 79.9. The molecule has 1 aromatic rings. The van der Waals surface area contributed by atoms with E-state index >= 15 is 0 Å². The van der Waals surface area contributed by atoms with Crippen LogP contribution in [0.15, 0.2) is 4.47 Å². The lowest BCUT2D eigenvalue weighted by molar-refractivity contribution is 0.183. The summed E-state index contributed by atoms with van der Waals surface area (Å²) < 4.78 is 3.15. The van der Waals surface area contributed by atoms with E-state index in [0.29, 0.717) is 11.9 Å². The number of hydrogen-bond acceptors (Lipinski definition) is 2. The number of nitrogens with zero attached hydrogens (tertiary/aromatic N) is 3. The van der Waals surface area contributed by atoms with Gasteiger partial charge in [0.05, 0.1) is 15.9 Å². The number of rotatable bonds is 8. The average Bonchev–Trinajstić information content (AvgIpc) is 2.67. The maximum Gasteiger partial charge on any atom is 0.0767 e. The average molecular weight is 351 g/mol. The van der Waals surface area contributed by atoms with Gasteiger partial charge in [-0.05, 0) is 35.2 Å². The molecule has 5 heteroatoms. The van der Waals surface area contributed by atoms with Crippen molar-refractivity contribution >= 4 is 27.5 Å². The molecule has 0 aliphatic carbocycles. The molecule has 0 saturated heterocycles. The summed E-state index contributed by atoms with van der Waals surface area (Å²) in [6, 6.07) is 0.589. The van der Waals surface area contributed by atoms with Crippen LogP contribution in [-0.2, 0) is 20.0 Å². The molecule has 0 bridgehead atoms. The third kappa shape index (κ3) is 4.20. The molecule has 0 unspecified atom stereocenters. The Kier molecular flexibility index (Phi) is 7.40. The van der Waals surface area contributed by atoms with Crippen molar-refractivity contribution in [3.05, 3.63) is 15.9 Å². The SMILES string of the molecule is CCc1nn(C)c(CN(CCCl)C(CC)CC)c1Br. The zero-order valence-corrected chi connectivity index (χ0v) is 14.8. The van der Waals surface area contributed by atoms with Crippen LogP contribution >= 0.6 is 27.5 Å². The third-order valence-corrected chi connectivity index (χ3v) is 4.77. The number of hydrogen-bond donors (Lipinski definition) is 0. The predicted octanol–water partition coefficient (Wildman–Crippen LogP) is 3.97. The molecule has 110 valence electrons. The van der Waals surface area contributed by atoms with Crippen LogP contribution in [-0.4, -0.2) is 33.1 Å². The standard InChI is InChI=1S/C14H25BrClN3/c1-5-11(6-2)19(9-8-16)10-13-14(15)12(7-3)17-18(13)4/h11H,5-10H2,1-4H3. The molecule has 0 fully saturated rings. The molecule has 19 heavy (non-hydrogen) atoms. The van der Waals surface area contributed by atoms with Crippen molar-refractivity contribution in [1.29, 1.82) is 0 Å². The smallest absolute Gasteiger partial charge is 0.0767 e. The first-order valence-electron chi connectivity index (χ1n) is 7.09. The van der Waals surface area contributed by atoms with Crippen LogP contribution in [0.5, 0.6) is 0 Å². The summed E-state index contributed by atoms with van der Waals surface area (Å²) in [7, 11) is 2.02. The van der Waals surface area contributed by atoms with Crippen molar-refractivity contribution in [2.24, 2.45) is 7.05 Å². The first kappa shape index (κ1) is 17.0. The summed E-state index contributed by atoms with van der Waals surface area (Å²) in [4.78, 5) is 2.47. The van der Waals surface area contributed by atoms with E-state index in [1.807, 2.05) is 11.7 Å². The molecular weight excluding hydrogens is 326 g/mol. The van der Waals surface area contributed by atoms with Gasteiger partial charge < -0.3 is 0 Å². The van der Waals surface area contributed by atoms with Gasteiger partial charge in [0.15, 0.2) is 0 Å². The third-order valence-electron chi connectivity index (χ3n) is 3.69. The van der Waals surface area contributed by atoms with Crippen LogP contribution in [0, 0.1) is 0 Å². The second-order valence-corrected chi connectivity index (χ2v) is 5.99. The lowest BCUT2D eigenvalue weighted by atomic mass is 10.1. The van der Waals surface area contributed by atoms with Crippen LogP contribution in [0.2, 0.25) is 0 Å². The van der Waals surface area contributed by atoms with Crippen LogP contribution in [0.3, 0.4) is 0 Å². The zero-order chi connectivity index (χ0) is 14.4. The molecule has 0 aliphatic heterocycles. The van der Waals surface area contributed by atoms with Gasteiger partial charge in [0.1, 0.15) is 0 Å². The van der Waals surface area contributed by atoms with E-state index in [2.05, 4.69) is 46.7 Å². The highest BCUT2D eigenvalue weighted by Crippen LogP contribution is 2.24. The Morgan fingerprint density at radius 2 is 1.95 bits per heavy atom. The predicted molar refractivity (Wildman–Crippen MR) is 85.8 cm³/mol. The minimum atomic E-state index is 0.589. The molecule has 0 atom stereocenters. The van der Waals surface area contributed by atoms with Gasteiger partial charge in [0.25, 0.3) is 0 Å². The van der Waals surface area contributed by atoms with E-state index in [1.54, 1.807) is 0 Å². The largest absolute Gasteiger partial charge is 0.293 e. The van der Waals surface area contributed by atoms with Crippen LogP contribution in [0.25, 0.3) is 0 Å². The summed E-state index contributed by atoms with van der Waals surface area (Å²) in [5.74, 6) is 0.673. The fourth-order valence-corrected chi connectivity index (χ4v) is 3.45. The number of alkyl halides is 1. The molecule has 3 nitrogen and oxygen atoms in total. The Labute approximate surface area is 130 Å². The maximum atomic E-state index is 5.96. The van der Waals surface area contributed by atoms with E-state index in [1.165, 1.54) is 5.69 Å². The lowest BCUT2D eigenvalue weighted by Crippen LogP contribution is -2.36. The minimum absolute atomic E-state index is 0.589. The maximum absolute atomic E-state index is 5.96. The van der Waals surface area contributed by atoms with Gasteiger partial charge >= 0.3 is 0 Å². The van der Waals surface area contributed by atoms with Gasteiger partial charge in [0, 0.05) is 32.1 Å². The Morgan fingerprint density at radius 3 is 2.37 bits per heavy atom. The molecule has 0 amide bonds. The molecule has 0 N–H and O–H groups in total. The van der Waals surface area contributed by atoms with Crippen LogP contribution in [0.4, 0.5) is 0 Å². The molecule has 0 saturated carbocycles. The summed E-state index contributed by atoms with van der Waals surface area (Å²) in [6.07, 6.45) is 3.27. The molecular formula is C14H25BrClN3. The molecule has 0 spiro atoms. The van der Waals surface area contributed by atoms with Crippen molar-refractivity contribution in [3.8, 4) is 0 Å². The number of halogens is 2. The Balaban J connectivity index is 2.92. The normalized spacial score (nSPS) is 11.8. The number of aromatic nitrogens is 2. The summed E-state index contributed by atoms with van der Waals surface area (Å²) in [5, 5.41) is 4.56. The van der Waals surface area contributed by atoms with Crippen molar-refractivity contribution in [1.82, 2.24) is 14.7 Å². The topological polar surface area (TPSA) is 21.1 Å². The van der Waals surface area contributed by atoms with Gasteiger partial charge in [-0.25, -0.2) is 0 Å². The first-order chi connectivity index (χ1) is 9.08. The summed E-state index contributed by atoms with van der Waals surface area (Å²) in [5.41, 5.74) is 2.38. The van der Waals surface area contributed by atoms with Gasteiger partial charge in [-0.2, -0.15) is 5.10 Å². The van der Waals surface area contributed by atoms with Gasteiger partial charge in [-0.3, -0.25) is 9.58 Å². The Hall–Kier alpha value is -0.0600. The quantitative estimate of drug-likeness (QED) is 0.661. The Bertz CT molecular complexity index is 388. The Morgan fingerprint density at radius 1 is 1.32 bits per heavy atom. The van der Waals surface area contributed by atoms with Crippen molar-refractivity contribution in [3.63, 3.8) is 0 Å². The monoisotopic (exact) mass is 349 g/mol. The van der Waals surface area contributed by atoms with Gasteiger partial charge in [0.2, 0.25) is 0 Å². The first-order valence-corrected chi connectivity index (χ1v) is 8.41. The highest BCUT2D eigenvalue weighted by molar-refractivity contribution is 9.10. The van der Waals surface area contributed by atoms with E-state index in [9.17, 15) is 0 Å². The van der Waals surface area contributed by atoms with E-state index < -0.39 is 0 Å². The van der Waals surface area contributed by atoms with Crippen LogP contribution in [0.1, 0.15) is 45.0 Å². The van der Waals surface area contributed by atoms with Crippen LogP contribution < -0.4 is 0 Å². The molecule has 0 radical (unpaired) electrons. The molecule has 0 aromatic carbocycles. The number of aryl methyl sites for hydroxylation is 2. The van der Waals surface area contributed by atoms with E-state index in [4.69, 9.17) is 11.6 Å². The van der Waals surface area contributed by atoms with Gasteiger partial charge in [-0.15, -0.1) is 11.6 Å². The minimum Gasteiger partial charge on any atom is -0.293 e. The van der Waals surface area contributed by atoms with Gasteiger partial charge in [-0.1, -0.05) is 20.8 Å². The van der Waals surface area contributed by atoms with Crippen molar-refractivity contribution in [2.45, 2.75) is 52.6 Å². The molecule has 1 rings (SSSR count). The van der Waals surface area contributed by atoms with E-state index in [-0.39, 0.29) is 0 Å². The second-order valence-electron chi connectivity index (χ2n) is 4.81. The fraction of sp³-hybridized carbons (Fsp3) is 0.786.